The van der Waals surface area contributed by atoms with Gasteiger partial charge in [0.2, 0.25) is 11.8 Å². The molecule has 7 atom stereocenters. The summed E-state index contributed by atoms with van der Waals surface area (Å²) in [5.74, 6) is -2.55. The fourth-order valence-corrected chi connectivity index (χ4v) is 6.44. The fourth-order valence-electron chi connectivity index (χ4n) is 6.44. The molecule has 3 heterocycles. The Hall–Kier alpha value is -2.19. The van der Waals surface area contributed by atoms with Crippen LogP contribution in [0.3, 0.4) is 0 Å². The van der Waals surface area contributed by atoms with Gasteiger partial charge in [0.05, 0.1) is 37.2 Å². The number of hydrogen-bond acceptors (Lipinski definition) is 6. The Bertz CT molecular complexity index is 882. The van der Waals surface area contributed by atoms with Gasteiger partial charge in [0.15, 0.2) is 0 Å². The van der Waals surface area contributed by atoms with Crippen molar-refractivity contribution < 1.29 is 29.0 Å². The van der Waals surface area contributed by atoms with Crippen LogP contribution in [0.15, 0.2) is 25.3 Å². The minimum atomic E-state index is -1.11. The van der Waals surface area contributed by atoms with Crippen LogP contribution in [0.2, 0.25) is 0 Å². The summed E-state index contributed by atoms with van der Waals surface area (Å²) < 4.78 is 12.1. The van der Waals surface area contributed by atoms with E-state index in [1.807, 2.05) is 40.7 Å². The molecule has 3 aliphatic rings. The van der Waals surface area contributed by atoms with Crippen LogP contribution in [-0.4, -0.2) is 81.8 Å². The zero-order valence-electron chi connectivity index (χ0n) is 23.3. The van der Waals surface area contributed by atoms with Crippen molar-refractivity contribution in [2.24, 2.45) is 17.8 Å². The highest BCUT2D eigenvalue weighted by molar-refractivity contribution is 5.98. The predicted molar refractivity (Wildman–Crippen MR) is 141 cm³/mol. The molecule has 208 valence electrons. The first kappa shape index (κ1) is 29.4. The van der Waals surface area contributed by atoms with Crippen LogP contribution in [0.4, 0.5) is 0 Å². The van der Waals surface area contributed by atoms with Crippen molar-refractivity contribution in [3.8, 4) is 0 Å². The van der Waals surface area contributed by atoms with Gasteiger partial charge in [-0.1, -0.05) is 32.4 Å². The number of unbranched alkanes of at least 4 members (excludes halogenated alkanes) is 2. The number of allylic oxidation sites excluding steroid dienone is 1. The van der Waals surface area contributed by atoms with Crippen LogP contribution in [0.5, 0.6) is 0 Å². The fraction of sp³-hybridized carbons (Fsp3) is 0.759. The molecular weight excluding hydrogens is 472 g/mol. The first-order chi connectivity index (χ1) is 17.5. The SMILES string of the molecule is C=CCCCCOC(=O)[C@@H]1[C@H]2C(=O)N([C@@H](CO)[C@@H](C)CC)C(C(=O)N(CC=C)C(C)(C)C)C23CC[C@H]1O3. The number of carbonyl (C=O) groups is 3. The normalized spacial score (nSPS) is 30.1. The topological polar surface area (TPSA) is 96.4 Å². The highest BCUT2D eigenvalue weighted by Crippen LogP contribution is 2.59. The van der Waals surface area contributed by atoms with Gasteiger partial charge in [-0.25, -0.2) is 0 Å². The molecule has 2 unspecified atom stereocenters. The summed E-state index contributed by atoms with van der Waals surface area (Å²) in [5.41, 5.74) is -1.64. The lowest BCUT2D eigenvalue weighted by Crippen LogP contribution is -2.62. The Morgan fingerprint density at radius 2 is 2.00 bits per heavy atom. The quantitative estimate of drug-likeness (QED) is 0.228. The Morgan fingerprint density at radius 1 is 1.30 bits per heavy atom. The molecule has 2 bridgehead atoms. The Kier molecular flexibility index (Phi) is 9.27. The molecule has 0 saturated carbocycles. The molecule has 3 aliphatic heterocycles. The van der Waals surface area contributed by atoms with Gasteiger partial charge in [0.25, 0.3) is 0 Å². The zero-order chi connectivity index (χ0) is 27.5. The second-order valence-electron chi connectivity index (χ2n) is 11.8. The van der Waals surface area contributed by atoms with Crippen molar-refractivity contribution in [1.29, 1.82) is 0 Å². The molecule has 0 aliphatic carbocycles. The third-order valence-corrected chi connectivity index (χ3v) is 8.52. The molecule has 37 heavy (non-hydrogen) atoms. The summed E-state index contributed by atoms with van der Waals surface area (Å²) in [6.45, 7) is 17.7. The summed E-state index contributed by atoms with van der Waals surface area (Å²) >= 11 is 0. The van der Waals surface area contributed by atoms with Gasteiger partial charge in [-0.2, -0.15) is 0 Å². The monoisotopic (exact) mass is 518 g/mol. The van der Waals surface area contributed by atoms with Crippen LogP contribution < -0.4 is 0 Å². The van der Waals surface area contributed by atoms with Gasteiger partial charge < -0.3 is 24.4 Å². The van der Waals surface area contributed by atoms with E-state index in [0.29, 0.717) is 19.4 Å². The lowest BCUT2D eigenvalue weighted by Gasteiger charge is -2.44. The lowest BCUT2D eigenvalue weighted by atomic mass is 9.70. The second kappa shape index (κ2) is 11.7. The average Bonchev–Trinajstić information content (AvgIpc) is 3.49. The van der Waals surface area contributed by atoms with Gasteiger partial charge in [-0.3, -0.25) is 14.4 Å². The van der Waals surface area contributed by atoms with E-state index in [0.717, 1.165) is 25.7 Å². The average molecular weight is 519 g/mol. The van der Waals surface area contributed by atoms with Crippen molar-refractivity contribution in [1.82, 2.24) is 9.80 Å². The minimum absolute atomic E-state index is 0.0468. The highest BCUT2D eigenvalue weighted by atomic mass is 16.6. The molecule has 1 N–H and O–H groups in total. The van der Waals surface area contributed by atoms with E-state index in [1.54, 1.807) is 15.9 Å². The maximum absolute atomic E-state index is 14.3. The van der Waals surface area contributed by atoms with E-state index in [4.69, 9.17) is 9.47 Å². The third kappa shape index (κ3) is 5.24. The number of amides is 2. The molecule has 0 aromatic rings. The van der Waals surface area contributed by atoms with E-state index >= 15 is 0 Å². The number of fused-ring (bicyclic) bond motifs is 1. The lowest BCUT2D eigenvalue weighted by molar-refractivity contribution is -0.158. The number of esters is 1. The first-order valence-electron chi connectivity index (χ1n) is 13.8. The number of likely N-dealkylation sites (tertiary alicyclic amines) is 1. The molecule has 8 nitrogen and oxygen atoms in total. The van der Waals surface area contributed by atoms with E-state index in [9.17, 15) is 19.5 Å². The molecule has 0 radical (unpaired) electrons. The van der Waals surface area contributed by atoms with Crippen LogP contribution >= 0.6 is 0 Å². The van der Waals surface area contributed by atoms with Crippen molar-refractivity contribution in [3.63, 3.8) is 0 Å². The van der Waals surface area contributed by atoms with Crippen LogP contribution in [-0.2, 0) is 23.9 Å². The first-order valence-corrected chi connectivity index (χ1v) is 13.8. The van der Waals surface area contributed by atoms with Gasteiger partial charge in [0, 0.05) is 12.1 Å². The maximum atomic E-state index is 14.3. The predicted octanol–water partition coefficient (Wildman–Crippen LogP) is 3.48. The van der Waals surface area contributed by atoms with E-state index in [2.05, 4.69) is 13.2 Å². The summed E-state index contributed by atoms with van der Waals surface area (Å²) in [6, 6.07) is -1.49. The standard InChI is InChI=1S/C29H46N2O6/c1-8-11-12-13-17-36-27(35)22-21-14-15-29(37-21)23(22)25(33)31(20(18-32)19(4)10-3)24(29)26(34)30(16-9-2)28(5,6)7/h8-9,19-24,32H,1-2,10-18H2,3-7H3/t19-,20-,21+,22-,23-,24?,29?/m0/s1. The van der Waals surface area contributed by atoms with Gasteiger partial charge in [-0.15, -0.1) is 13.2 Å². The van der Waals surface area contributed by atoms with Crippen LogP contribution in [0.1, 0.15) is 73.1 Å². The third-order valence-electron chi connectivity index (χ3n) is 8.52. The second-order valence-corrected chi connectivity index (χ2v) is 11.8. The number of aliphatic hydroxyl groups excluding tert-OH is 1. The number of nitrogens with zero attached hydrogens (tertiary/aromatic N) is 2. The van der Waals surface area contributed by atoms with Gasteiger partial charge in [-0.05, 0) is 58.8 Å². The smallest absolute Gasteiger partial charge is 0.312 e. The van der Waals surface area contributed by atoms with Crippen molar-refractivity contribution in [2.45, 2.75) is 102 Å². The summed E-state index contributed by atoms with van der Waals surface area (Å²) in [6.07, 6.45) is 7.32. The molecule has 2 amide bonds. The van der Waals surface area contributed by atoms with Crippen molar-refractivity contribution >= 4 is 17.8 Å². The number of carbonyl (C=O) groups excluding carboxylic acids is 3. The molecule has 0 aromatic carbocycles. The Morgan fingerprint density at radius 3 is 2.57 bits per heavy atom. The van der Waals surface area contributed by atoms with Crippen molar-refractivity contribution in [3.05, 3.63) is 25.3 Å². The van der Waals surface area contributed by atoms with Gasteiger partial charge in [0.1, 0.15) is 11.6 Å². The summed E-state index contributed by atoms with van der Waals surface area (Å²) in [7, 11) is 0. The Balaban J connectivity index is 2.01. The van der Waals surface area contributed by atoms with Crippen LogP contribution in [0.25, 0.3) is 0 Å². The van der Waals surface area contributed by atoms with Gasteiger partial charge >= 0.3 is 5.97 Å². The summed E-state index contributed by atoms with van der Waals surface area (Å²) in [4.78, 5) is 45.1. The molecule has 8 heteroatoms. The largest absolute Gasteiger partial charge is 0.465 e. The zero-order valence-corrected chi connectivity index (χ0v) is 23.3. The summed E-state index contributed by atoms with van der Waals surface area (Å²) in [5, 5.41) is 10.4. The van der Waals surface area contributed by atoms with Crippen LogP contribution in [0, 0.1) is 17.8 Å². The minimum Gasteiger partial charge on any atom is -0.465 e. The molecule has 3 rings (SSSR count). The van der Waals surface area contributed by atoms with E-state index in [-0.39, 0.29) is 30.9 Å². The van der Waals surface area contributed by atoms with E-state index in [1.165, 1.54) is 0 Å². The molecule has 3 fully saturated rings. The van der Waals surface area contributed by atoms with E-state index < -0.39 is 47.1 Å². The maximum Gasteiger partial charge on any atom is 0.312 e. The number of ether oxygens (including phenoxy) is 2. The number of rotatable bonds is 13. The number of aliphatic hydroxyl groups is 1. The molecule has 1 spiro atoms. The highest BCUT2D eigenvalue weighted by Gasteiger charge is 2.76. The number of hydrogen-bond donors (Lipinski definition) is 1. The molecule has 0 aromatic heterocycles. The molecular formula is C29H46N2O6. The van der Waals surface area contributed by atoms with Crippen molar-refractivity contribution in [2.75, 3.05) is 19.8 Å². The Labute approximate surface area is 222 Å². The molecule has 3 saturated heterocycles.